The topological polar surface area (TPSA) is 50.8 Å². The summed E-state index contributed by atoms with van der Waals surface area (Å²) in [5.41, 5.74) is 0. The Bertz CT molecular complexity index is 132. The SMILES string of the molecule is CONSN1CCOC1=O. The fourth-order valence-corrected chi connectivity index (χ4v) is 1.00. The number of hydrogen-bond acceptors (Lipinski definition) is 5. The minimum atomic E-state index is -0.324. The number of nitrogens with zero attached hydrogens (tertiary/aromatic N) is 1. The molecule has 0 unspecified atom stereocenters. The predicted octanol–water partition coefficient (Wildman–Crippen LogP) is 0.153. The molecule has 0 radical (unpaired) electrons. The molecular weight excluding hydrogens is 156 g/mol. The van der Waals surface area contributed by atoms with Crippen LogP contribution >= 0.6 is 12.1 Å². The molecule has 0 saturated carbocycles. The zero-order valence-corrected chi connectivity index (χ0v) is 6.31. The largest absolute Gasteiger partial charge is 0.447 e. The molecule has 0 atom stereocenters. The second-order valence-electron chi connectivity index (χ2n) is 1.60. The van der Waals surface area contributed by atoms with Crippen molar-refractivity contribution in [2.75, 3.05) is 20.3 Å². The summed E-state index contributed by atoms with van der Waals surface area (Å²) in [5, 5.41) is 0. The molecule has 1 fully saturated rings. The quantitative estimate of drug-likeness (QED) is 0.475. The lowest BCUT2D eigenvalue weighted by Crippen LogP contribution is -2.20. The van der Waals surface area contributed by atoms with Gasteiger partial charge in [0, 0.05) is 0 Å². The molecule has 1 saturated heterocycles. The van der Waals surface area contributed by atoms with E-state index in [1.54, 1.807) is 0 Å². The van der Waals surface area contributed by atoms with Crippen LogP contribution in [0.15, 0.2) is 0 Å². The van der Waals surface area contributed by atoms with Gasteiger partial charge in [-0.3, -0.25) is 4.84 Å². The number of amides is 1. The van der Waals surface area contributed by atoms with E-state index in [1.807, 2.05) is 0 Å². The Hall–Kier alpha value is -0.460. The van der Waals surface area contributed by atoms with Crippen molar-refractivity contribution in [3.8, 4) is 0 Å². The number of carbonyl (C=O) groups excluding carboxylic acids is 1. The van der Waals surface area contributed by atoms with Crippen molar-refractivity contribution < 1.29 is 14.4 Å². The van der Waals surface area contributed by atoms with Crippen molar-refractivity contribution in [3.63, 3.8) is 0 Å². The van der Waals surface area contributed by atoms with E-state index in [1.165, 1.54) is 11.4 Å². The average molecular weight is 164 g/mol. The molecular formula is C4H8N2O3S. The Morgan fingerprint density at radius 1 is 1.90 bits per heavy atom. The lowest BCUT2D eigenvalue weighted by atomic mass is 10.7. The second kappa shape index (κ2) is 3.65. The molecule has 58 valence electrons. The average Bonchev–Trinajstić information content (AvgIpc) is 2.31. The maximum Gasteiger partial charge on any atom is 0.421 e. The van der Waals surface area contributed by atoms with Gasteiger partial charge in [-0.15, -0.1) is 4.89 Å². The van der Waals surface area contributed by atoms with Crippen molar-refractivity contribution in [1.29, 1.82) is 0 Å². The van der Waals surface area contributed by atoms with E-state index >= 15 is 0 Å². The summed E-state index contributed by atoms with van der Waals surface area (Å²) in [6.45, 7) is 1.05. The molecule has 1 heterocycles. The lowest BCUT2D eigenvalue weighted by Gasteiger charge is -2.08. The molecule has 6 heteroatoms. The maximum absolute atomic E-state index is 10.7. The molecule has 0 aromatic carbocycles. The Labute approximate surface area is 62.9 Å². The molecule has 10 heavy (non-hydrogen) atoms. The van der Waals surface area contributed by atoms with E-state index in [0.717, 1.165) is 12.1 Å². The van der Waals surface area contributed by atoms with E-state index in [-0.39, 0.29) is 6.09 Å². The van der Waals surface area contributed by atoms with Crippen LogP contribution in [-0.2, 0) is 9.57 Å². The van der Waals surface area contributed by atoms with Crippen molar-refractivity contribution >= 4 is 18.2 Å². The number of cyclic esters (lactones) is 1. The van der Waals surface area contributed by atoms with Crippen LogP contribution in [0.5, 0.6) is 0 Å². The summed E-state index contributed by atoms with van der Waals surface area (Å²) < 4.78 is 6.07. The number of ether oxygens (including phenoxy) is 1. The van der Waals surface area contributed by atoms with Crippen molar-refractivity contribution in [2.24, 2.45) is 0 Å². The van der Waals surface area contributed by atoms with E-state index in [4.69, 9.17) is 0 Å². The molecule has 5 nitrogen and oxygen atoms in total. The van der Waals surface area contributed by atoms with Gasteiger partial charge in [0.1, 0.15) is 6.61 Å². The highest BCUT2D eigenvalue weighted by Gasteiger charge is 2.22. The van der Waals surface area contributed by atoms with Crippen LogP contribution in [0.3, 0.4) is 0 Å². The first kappa shape index (κ1) is 7.64. The second-order valence-corrected chi connectivity index (χ2v) is 2.39. The van der Waals surface area contributed by atoms with Crippen LogP contribution in [0.2, 0.25) is 0 Å². The molecule has 0 spiro atoms. The third kappa shape index (κ3) is 1.76. The van der Waals surface area contributed by atoms with Crippen molar-refractivity contribution in [2.45, 2.75) is 0 Å². The van der Waals surface area contributed by atoms with Gasteiger partial charge in [0.05, 0.1) is 25.8 Å². The molecule has 1 aliphatic rings. The van der Waals surface area contributed by atoms with Gasteiger partial charge in [0.25, 0.3) is 0 Å². The third-order valence-electron chi connectivity index (χ3n) is 0.954. The Kier molecular flexibility index (Phi) is 2.79. The highest BCUT2D eigenvalue weighted by Crippen LogP contribution is 2.11. The Balaban J connectivity index is 2.20. The van der Waals surface area contributed by atoms with E-state index in [9.17, 15) is 4.79 Å². The smallest absolute Gasteiger partial charge is 0.421 e. The van der Waals surface area contributed by atoms with Gasteiger partial charge in [-0.1, -0.05) is 0 Å². The number of carbonyl (C=O) groups is 1. The third-order valence-corrected chi connectivity index (χ3v) is 1.75. The molecule has 0 aromatic rings. The normalized spacial score (nSPS) is 17.7. The minimum absolute atomic E-state index is 0.324. The summed E-state index contributed by atoms with van der Waals surface area (Å²) in [5.74, 6) is 0. The van der Waals surface area contributed by atoms with Crippen LogP contribution in [0.4, 0.5) is 4.79 Å². The first-order valence-corrected chi connectivity index (χ1v) is 3.51. The van der Waals surface area contributed by atoms with Crippen LogP contribution in [0.25, 0.3) is 0 Å². The van der Waals surface area contributed by atoms with Gasteiger partial charge in [-0.2, -0.15) is 0 Å². The van der Waals surface area contributed by atoms with Crippen LogP contribution < -0.4 is 4.89 Å². The zero-order chi connectivity index (χ0) is 7.40. The standard InChI is InChI=1S/C4H8N2O3S/c1-8-5-10-6-2-3-9-4(6)7/h5H,2-3H2,1H3. The van der Waals surface area contributed by atoms with Gasteiger partial charge < -0.3 is 4.74 Å². The summed E-state index contributed by atoms with van der Waals surface area (Å²) in [6, 6.07) is 0. The van der Waals surface area contributed by atoms with Crippen LogP contribution in [-0.4, -0.2) is 30.7 Å². The summed E-state index contributed by atoms with van der Waals surface area (Å²) >= 11 is 1.08. The zero-order valence-electron chi connectivity index (χ0n) is 5.49. The van der Waals surface area contributed by atoms with Gasteiger partial charge in [0.2, 0.25) is 0 Å². The van der Waals surface area contributed by atoms with Crippen LogP contribution in [0, 0.1) is 0 Å². The van der Waals surface area contributed by atoms with Gasteiger partial charge in [-0.05, 0) is 0 Å². The van der Waals surface area contributed by atoms with Crippen molar-refractivity contribution in [1.82, 2.24) is 9.19 Å². The van der Waals surface area contributed by atoms with Gasteiger partial charge in [-0.25, -0.2) is 9.10 Å². The molecule has 1 aliphatic heterocycles. The molecule has 1 N–H and O–H groups in total. The van der Waals surface area contributed by atoms with Gasteiger partial charge >= 0.3 is 6.09 Å². The maximum atomic E-state index is 10.7. The van der Waals surface area contributed by atoms with Gasteiger partial charge in [0.15, 0.2) is 0 Å². The Morgan fingerprint density at radius 2 is 2.70 bits per heavy atom. The number of rotatable bonds is 3. The molecule has 0 bridgehead atoms. The molecule has 0 aliphatic carbocycles. The fourth-order valence-electron chi connectivity index (χ4n) is 0.544. The van der Waals surface area contributed by atoms with E-state index in [2.05, 4.69) is 14.5 Å². The summed E-state index contributed by atoms with van der Waals surface area (Å²) in [7, 11) is 1.48. The fraction of sp³-hybridized carbons (Fsp3) is 0.750. The summed E-state index contributed by atoms with van der Waals surface area (Å²) in [6.07, 6.45) is -0.324. The minimum Gasteiger partial charge on any atom is -0.447 e. The highest BCUT2D eigenvalue weighted by molar-refractivity contribution is 7.95. The lowest BCUT2D eigenvalue weighted by molar-refractivity contribution is 0.156. The Morgan fingerprint density at radius 3 is 3.20 bits per heavy atom. The monoisotopic (exact) mass is 164 g/mol. The first-order valence-electron chi connectivity index (χ1n) is 2.74. The number of nitrogens with one attached hydrogen (secondary N) is 1. The van der Waals surface area contributed by atoms with E-state index < -0.39 is 0 Å². The molecule has 0 aromatic heterocycles. The predicted molar refractivity (Wildman–Crippen MR) is 35.8 cm³/mol. The highest BCUT2D eigenvalue weighted by atomic mass is 32.2. The van der Waals surface area contributed by atoms with E-state index in [0.29, 0.717) is 13.2 Å². The summed E-state index contributed by atoms with van der Waals surface area (Å²) in [4.78, 5) is 17.6. The van der Waals surface area contributed by atoms with Crippen LogP contribution in [0.1, 0.15) is 0 Å². The molecule has 1 amide bonds. The molecule has 1 rings (SSSR count). The van der Waals surface area contributed by atoms with Crippen molar-refractivity contribution in [3.05, 3.63) is 0 Å². The number of hydrogen-bond donors (Lipinski definition) is 1. The first-order chi connectivity index (χ1) is 4.84.